The predicted molar refractivity (Wildman–Crippen MR) is 257 cm³/mol. The topological polar surface area (TPSA) is 14.2 Å². The number of fused-ring (bicyclic) bond motifs is 7. The Hall–Kier alpha value is -6.79. The lowest BCUT2D eigenvalue weighted by atomic mass is 9.57. The van der Waals surface area contributed by atoms with Crippen LogP contribution in [0.1, 0.15) is 52.2 Å². The smallest absolute Gasteiger partial charge is 0.289 e. The maximum atomic E-state index is 10.6. The summed E-state index contributed by atoms with van der Waals surface area (Å²) in [6, 6.07) is -33.9. The molecule has 9 aromatic carbocycles. The lowest BCUT2D eigenvalue weighted by molar-refractivity contribution is 0.488. The van der Waals surface area contributed by atoms with Gasteiger partial charge in [0.1, 0.15) is 11.5 Å². The Bertz CT molecular complexity index is 4970. The number of rotatable bonds is 6. The van der Waals surface area contributed by atoms with Crippen molar-refractivity contribution in [2.75, 3.05) is 0 Å². The van der Waals surface area contributed by atoms with Gasteiger partial charge in [-0.1, -0.05) is 169 Å². The van der Waals surface area contributed by atoms with Gasteiger partial charge in [0.05, 0.1) is 57.6 Å². The van der Waals surface area contributed by atoms with Crippen molar-refractivity contribution in [3.05, 3.63) is 217 Å². The van der Waals surface area contributed by atoms with Crippen LogP contribution in [0.5, 0.6) is 11.5 Å². The molecule has 0 spiro atoms. The van der Waals surface area contributed by atoms with Gasteiger partial charge in [0.15, 0.2) is 8.07 Å². The largest absolute Gasteiger partial charge is 0.458 e. The molecule has 0 N–H and O–H groups in total. The third kappa shape index (κ3) is 5.29. The zero-order valence-electron chi connectivity index (χ0n) is 64.4. The van der Waals surface area contributed by atoms with Gasteiger partial charge in [-0.2, -0.15) is 11.6 Å². The summed E-state index contributed by atoms with van der Waals surface area (Å²) in [6.45, 7) is 1.31. The van der Waals surface area contributed by atoms with Crippen LogP contribution in [0, 0.1) is 6.92 Å². The molecule has 12 rings (SSSR count). The number of hydrogen-bond acceptors (Lipinski definition) is 2. The summed E-state index contributed by atoms with van der Waals surface area (Å²) in [5, 5.41) is -5.04. The molecule has 3 heterocycles. The van der Waals surface area contributed by atoms with Crippen molar-refractivity contribution in [3.8, 4) is 39.4 Å². The van der Waals surface area contributed by atoms with Crippen LogP contribution in [-0.2, 0) is 0 Å². The molecule has 0 fully saturated rings. The van der Waals surface area contributed by atoms with Crippen LogP contribution in [0.25, 0.3) is 49.7 Å². The molecule has 282 valence electrons. The second kappa shape index (κ2) is 13.9. The van der Waals surface area contributed by atoms with E-state index in [1.807, 2.05) is 0 Å². The van der Waals surface area contributed by atoms with E-state index in [1.54, 1.807) is 0 Å². The monoisotopic (exact) mass is 833 g/mol. The van der Waals surface area contributed by atoms with Crippen LogP contribution in [0.4, 0.5) is 0 Å². The van der Waals surface area contributed by atoms with Crippen molar-refractivity contribution in [1.82, 2.24) is 4.57 Å². The van der Waals surface area contributed by atoms with Crippen LogP contribution in [0.2, 0.25) is 0 Å². The number of aromatic nitrogens is 1. The first kappa shape index (κ1) is 15.0. The molecule has 0 aliphatic carbocycles. The molecule has 0 atom stereocenters. The average molecular weight is 834 g/mol. The summed E-state index contributed by atoms with van der Waals surface area (Å²) in [6.07, 6.45) is 0. The van der Waals surface area contributed by atoms with E-state index in [0.29, 0.717) is 17.7 Å². The molecule has 2 aliphatic rings. The molecular weight excluding hydrogens is 762 g/mol. The van der Waals surface area contributed by atoms with Crippen molar-refractivity contribution in [2.45, 2.75) is 11.8 Å². The summed E-state index contributed by atoms with van der Waals surface area (Å²) in [7, 11) is -6.34. The van der Waals surface area contributed by atoms with Crippen molar-refractivity contribution < 1.29 is 51.3 Å². The van der Waals surface area contributed by atoms with Gasteiger partial charge in [0.25, 0.3) is 5.99 Å². The summed E-state index contributed by atoms with van der Waals surface area (Å²) < 4.78 is 324. The zero-order valence-corrected chi connectivity index (χ0v) is 32.2. The minimum atomic E-state index is -6.34. The third-order valence-corrected chi connectivity index (χ3v) is 15.6. The van der Waals surface area contributed by atoms with Crippen LogP contribution < -0.4 is 36.4 Å². The van der Waals surface area contributed by atoms with Crippen LogP contribution >= 0.6 is 11.6 Å². The van der Waals surface area contributed by atoms with Crippen molar-refractivity contribution in [2.24, 2.45) is 0 Å². The fourth-order valence-electron chi connectivity index (χ4n) is 7.73. The zero-order chi connectivity index (χ0) is 69.4. The Balaban J connectivity index is 1.33. The van der Waals surface area contributed by atoms with Gasteiger partial charge in [-0.25, -0.2) is 0 Å². The first-order valence-electron chi connectivity index (χ1n) is 34.9. The highest BCUT2D eigenvalue weighted by atomic mass is 32.2. The summed E-state index contributed by atoms with van der Waals surface area (Å²) >= 11 is 0.603. The summed E-state index contributed by atoms with van der Waals surface area (Å²) in [4.78, 5) is -0.406. The first-order valence-corrected chi connectivity index (χ1v) is 20.8. The van der Waals surface area contributed by atoms with Crippen molar-refractivity contribution in [1.29, 1.82) is 0 Å². The Morgan fingerprint density at radius 3 is 1.95 bits per heavy atom. The number of ether oxygens (including phenoxy) is 1. The number of aryl methyl sites for hydroxylation is 1. The molecular formula is C55H38BNOSSi. The summed E-state index contributed by atoms with van der Waals surface area (Å²) in [5.41, 5.74) is -5.58. The molecule has 0 saturated heterocycles. The number of hydrogen-bond donors (Lipinski definition) is 0. The number of para-hydroxylation sites is 3. The van der Waals surface area contributed by atoms with E-state index in [0.717, 1.165) is 4.57 Å². The Morgan fingerprint density at radius 2 is 1.20 bits per heavy atom. The van der Waals surface area contributed by atoms with Gasteiger partial charge in [-0.3, -0.25) is 0 Å². The van der Waals surface area contributed by atoms with Gasteiger partial charge in [0.2, 0.25) is 0 Å². The standard InChI is InChI=1S/C55H38BNOSSi/c1-37-17-15-27-46-45-26-11-13-29-50(45)57(55(37)46)40-31-32-53-47(36-40)48-34-39(35-52-54(48)56(59-53)49-28-12-14-30-51(49)58-52)38-18-16-25-44(33-38)60(41-19-5-2-6-20-41,42-21-7-3-8-22-42)43-23-9-4-10-24-43/h2-36H,1H3/i2D,3D,4D,5D,6D,7D,8D,9D,10D,11D,12D,13D,14D,15D,16D,17D,18D,19D,20D,21D,22D,23D,24D,26D,27D,28D,29D,30D,31D,32D,33D,34D,35D,36D. The number of nitrogens with zero attached hydrogens (tertiary/aromatic N) is 1. The molecule has 5 heteroatoms. The molecule has 0 amide bonds. The van der Waals surface area contributed by atoms with E-state index in [4.69, 9.17) is 29.4 Å². The predicted octanol–water partition coefficient (Wildman–Crippen LogP) is 10.1. The molecule has 0 bridgehead atoms. The fraction of sp³-hybridized carbons (Fsp3) is 0.0182. The van der Waals surface area contributed by atoms with E-state index < -0.39 is 295 Å². The second-order valence-electron chi connectivity index (χ2n) is 13.4. The van der Waals surface area contributed by atoms with Gasteiger partial charge in [0, 0.05) is 21.4 Å². The Labute approximate surface area is 403 Å². The van der Waals surface area contributed by atoms with E-state index >= 15 is 0 Å². The minimum absolute atomic E-state index is 0.146. The molecule has 0 saturated carbocycles. The Morgan fingerprint density at radius 1 is 0.533 bits per heavy atom. The highest BCUT2D eigenvalue weighted by Gasteiger charge is 2.42. The minimum Gasteiger partial charge on any atom is -0.458 e. The second-order valence-corrected chi connectivity index (χ2v) is 18.0. The van der Waals surface area contributed by atoms with E-state index in [9.17, 15) is 21.9 Å². The van der Waals surface area contributed by atoms with Crippen LogP contribution in [0.3, 0.4) is 0 Å². The van der Waals surface area contributed by atoms with Gasteiger partial charge in [-0.15, -0.1) is 0 Å². The van der Waals surface area contributed by atoms with Crippen LogP contribution in [-0.4, -0.2) is 18.6 Å². The fourth-order valence-corrected chi connectivity index (χ4v) is 12.6. The highest BCUT2D eigenvalue weighted by molar-refractivity contribution is 8.28. The molecule has 2 aliphatic heterocycles. The van der Waals surface area contributed by atoms with E-state index in [2.05, 4.69) is 0 Å². The quantitative estimate of drug-likeness (QED) is 0.122. The van der Waals surface area contributed by atoms with Crippen molar-refractivity contribution in [3.63, 3.8) is 0 Å². The normalized spacial score (nSPS) is 20.7. The average Bonchev–Trinajstić information content (AvgIpc) is 0.765. The van der Waals surface area contributed by atoms with Gasteiger partial charge >= 0.3 is 0 Å². The maximum absolute atomic E-state index is 10.6. The van der Waals surface area contributed by atoms with E-state index in [1.165, 1.54) is 6.92 Å². The lowest BCUT2D eigenvalue weighted by Crippen LogP contribution is -2.74. The molecule has 2 nitrogen and oxygen atoms in total. The number of benzene rings is 9. The molecule has 0 unspecified atom stereocenters. The molecule has 0 radical (unpaired) electrons. The highest BCUT2D eigenvalue weighted by Crippen LogP contribution is 2.46. The molecule has 60 heavy (non-hydrogen) atoms. The molecule has 1 aromatic heterocycles. The van der Waals surface area contributed by atoms with Gasteiger partial charge < -0.3 is 9.30 Å². The molecule has 10 aromatic rings. The maximum Gasteiger partial charge on any atom is 0.289 e. The first-order chi connectivity index (χ1) is 43.8. The van der Waals surface area contributed by atoms with Gasteiger partial charge in [-0.05, 0) is 109 Å². The lowest BCUT2D eigenvalue weighted by Gasteiger charge is -2.35. The summed E-state index contributed by atoms with van der Waals surface area (Å²) in [5.74, 6) is -2.98. The SMILES string of the molecule is [2H]c1cc([Si](c2c([2H])c([2H])c([2H])c([2H])c2[2H])(c2c([2H])c([2H])c([2H])c([2H])c2[2H])c2c([2H])c([2H])c([2H])c([2H])c2[2H])c([2H])c(-c2c([2H])c3c4c(c2[2H])-c2c([2H])c(-n5c6c([2H])c([2H])c([2H])c([2H])c6c6c([2H])c([2H])c([2H])c(C)c65)c([2H])c([2H])c2SB4c2c([2H])c([2H])c([2H])c([2H])c2O3)c1[2H]. The van der Waals surface area contributed by atoms with Crippen molar-refractivity contribution >= 4 is 79.2 Å². The van der Waals surface area contributed by atoms with Crippen LogP contribution in [0.15, 0.2) is 216 Å². The third-order valence-electron chi connectivity index (χ3n) is 10.2. The van der Waals surface area contributed by atoms with E-state index in [-0.39, 0.29) is 27.4 Å². The Kier molecular flexibility index (Phi) is 3.49.